The van der Waals surface area contributed by atoms with Gasteiger partial charge in [-0.2, -0.15) is 18.3 Å². The van der Waals surface area contributed by atoms with Crippen LogP contribution in [0.4, 0.5) is 17.6 Å². The fraction of sp³-hybridized carbons (Fsp3) is 0.231. The number of halogens is 4. The zero-order valence-electron chi connectivity index (χ0n) is 10.9. The molecule has 2 rings (SSSR count). The number of benzene rings is 1. The van der Waals surface area contributed by atoms with Crippen LogP contribution < -0.4 is 0 Å². The van der Waals surface area contributed by atoms with Crippen LogP contribution in [0.2, 0.25) is 0 Å². The van der Waals surface area contributed by atoms with Gasteiger partial charge in [-0.05, 0) is 30.3 Å². The molecule has 0 saturated carbocycles. The largest absolute Gasteiger partial charge is 0.477 e. The van der Waals surface area contributed by atoms with Gasteiger partial charge in [0.1, 0.15) is 11.5 Å². The number of nitrogens with zero attached hydrogens (tertiary/aromatic N) is 2. The fourth-order valence-corrected chi connectivity index (χ4v) is 1.76. The number of rotatable bonds is 4. The Bertz CT molecular complexity index is 680. The molecular formula is C13H10F4N2O3. The molecule has 1 unspecified atom stereocenters. The van der Waals surface area contributed by atoms with Gasteiger partial charge in [0.2, 0.25) is 0 Å². The van der Waals surface area contributed by atoms with E-state index < -0.39 is 36.3 Å². The zero-order valence-corrected chi connectivity index (χ0v) is 10.9. The monoisotopic (exact) mass is 318 g/mol. The minimum absolute atomic E-state index is 0.0618. The molecule has 22 heavy (non-hydrogen) atoms. The topological polar surface area (TPSA) is 75.3 Å². The Morgan fingerprint density at radius 3 is 2.36 bits per heavy atom. The lowest BCUT2D eigenvalue weighted by atomic mass is 10.1. The summed E-state index contributed by atoms with van der Waals surface area (Å²) in [7, 11) is 0. The maximum Gasteiger partial charge on any atom is 0.416 e. The fourth-order valence-electron chi connectivity index (χ4n) is 1.76. The van der Waals surface area contributed by atoms with Crippen molar-refractivity contribution >= 4 is 5.97 Å². The summed E-state index contributed by atoms with van der Waals surface area (Å²) in [6, 6.07) is 5.90. The summed E-state index contributed by atoms with van der Waals surface area (Å²) < 4.78 is 50.5. The molecule has 0 aliphatic carbocycles. The maximum atomic E-state index is 12.8. The van der Waals surface area contributed by atoms with Gasteiger partial charge in [0.15, 0.2) is 6.10 Å². The van der Waals surface area contributed by atoms with E-state index in [2.05, 4.69) is 5.10 Å². The van der Waals surface area contributed by atoms with Gasteiger partial charge in [-0.25, -0.2) is 9.18 Å². The summed E-state index contributed by atoms with van der Waals surface area (Å²) in [5.41, 5.74) is -0.112. The Morgan fingerprint density at radius 1 is 1.27 bits per heavy atom. The van der Waals surface area contributed by atoms with Gasteiger partial charge in [0.05, 0.1) is 12.2 Å². The average Bonchev–Trinajstić information content (AvgIpc) is 2.82. The van der Waals surface area contributed by atoms with E-state index in [4.69, 9.17) is 10.2 Å². The lowest BCUT2D eigenvalue weighted by molar-refractivity contribution is -0.208. The Balaban J connectivity index is 2.38. The molecule has 0 amide bonds. The molecule has 2 N–H and O–H groups in total. The first-order valence-corrected chi connectivity index (χ1v) is 6.00. The van der Waals surface area contributed by atoms with E-state index in [1.54, 1.807) is 0 Å². The number of carboxylic acids is 1. The van der Waals surface area contributed by atoms with Gasteiger partial charge in [-0.15, -0.1) is 0 Å². The summed E-state index contributed by atoms with van der Waals surface area (Å²) in [4.78, 5) is 11.1. The first kappa shape index (κ1) is 16.0. The molecule has 0 spiro atoms. The minimum Gasteiger partial charge on any atom is -0.477 e. The standard InChI is InChI=1S/C13H10F4N2O3/c14-8-3-1-7(2-4-8)9-5-10(12(21)22)19(18-9)6-11(20)13(15,16)17/h1-5,11,20H,6H2,(H,21,22). The summed E-state index contributed by atoms with van der Waals surface area (Å²) in [5, 5.41) is 21.8. The molecule has 1 heterocycles. The average molecular weight is 318 g/mol. The molecule has 2 aromatic rings. The molecule has 1 aromatic heterocycles. The smallest absolute Gasteiger partial charge is 0.416 e. The lowest BCUT2D eigenvalue weighted by Gasteiger charge is -2.15. The molecule has 1 aromatic carbocycles. The van der Waals surface area contributed by atoms with E-state index in [1.807, 2.05) is 0 Å². The van der Waals surface area contributed by atoms with Gasteiger partial charge in [-0.3, -0.25) is 4.68 Å². The van der Waals surface area contributed by atoms with Crippen LogP contribution in [0.5, 0.6) is 0 Å². The normalized spacial score (nSPS) is 13.1. The number of hydrogen-bond donors (Lipinski definition) is 2. The van der Waals surface area contributed by atoms with Crippen molar-refractivity contribution in [3.05, 3.63) is 41.8 Å². The summed E-state index contributed by atoms with van der Waals surface area (Å²) >= 11 is 0. The van der Waals surface area contributed by atoms with Crippen molar-refractivity contribution in [2.75, 3.05) is 0 Å². The second kappa shape index (κ2) is 5.76. The van der Waals surface area contributed by atoms with Crippen LogP contribution in [-0.4, -0.2) is 38.2 Å². The number of alkyl halides is 3. The van der Waals surface area contributed by atoms with E-state index in [-0.39, 0.29) is 5.69 Å². The van der Waals surface area contributed by atoms with Crippen molar-refractivity contribution in [2.45, 2.75) is 18.8 Å². The number of carbonyl (C=O) groups is 1. The first-order valence-electron chi connectivity index (χ1n) is 6.00. The number of carboxylic acid groups (broad SMARTS) is 1. The number of aliphatic hydroxyl groups excluding tert-OH is 1. The van der Waals surface area contributed by atoms with E-state index in [0.717, 1.165) is 18.2 Å². The number of hydrogen-bond acceptors (Lipinski definition) is 3. The summed E-state index contributed by atoms with van der Waals surface area (Å²) in [5.74, 6) is -2.01. The second-order valence-electron chi connectivity index (χ2n) is 4.47. The van der Waals surface area contributed by atoms with Crippen molar-refractivity contribution in [2.24, 2.45) is 0 Å². The van der Waals surface area contributed by atoms with Crippen molar-refractivity contribution in [3.8, 4) is 11.3 Å². The zero-order chi connectivity index (χ0) is 16.5. The highest BCUT2D eigenvalue weighted by Gasteiger charge is 2.39. The van der Waals surface area contributed by atoms with Crippen LogP contribution in [0.15, 0.2) is 30.3 Å². The molecule has 118 valence electrons. The van der Waals surface area contributed by atoms with Crippen LogP contribution in [0.1, 0.15) is 10.5 Å². The van der Waals surface area contributed by atoms with E-state index in [1.165, 1.54) is 12.1 Å². The van der Waals surface area contributed by atoms with Crippen molar-refractivity contribution in [1.29, 1.82) is 0 Å². The molecule has 0 fully saturated rings. The summed E-state index contributed by atoms with van der Waals surface area (Å²) in [6.07, 6.45) is -7.64. The maximum absolute atomic E-state index is 12.8. The first-order chi connectivity index (χ1) is 10.2. The summed E-state index contributed by atoms with van der Waals surface area (Å²) in [6.45, 7) is -1.05. The Labute approximate surface area is 121 Å². The lowest BCUT2D eigenvalue weighted by Crippen LogP contribution is -2.34. The van der Waals surface area contributed by atoms with Gasteiger partial charge in [-0.1, -0.05) is 0 Å². The van der Waals surface area contributed by atoms with E-state index >= 15 is 0 Å². The van der Waals surface area contributed by atoms with Crippen molar-refractivity contribution < 1.29 is 32.6 Å². The Kier molecular flexibility index (Phi) is 4.18. The molecule has 5 nitrogen and oxygen atoms in total. The van der Waals surface area contributed by atoms with Crippen LogP contribution in [-0.2, 0) is 6.54 Å². The van der Waals surface area contributed by atoms with Gasteiger partial charge >= 0.3 is 12.1 Å². The van der Waals surface area contributed by atoms with Crippen LogP contribution in [0, 0.1) is 5.82 Å². The van der Waals surface area contributed by atoms with Gasteiger partial charge < -0.3 is 10.2 Å². The van der Waals surface area contributed by atoms with Crippen molar-refractivity contribution in [1.82, 2.24) is 9.78 Å². The minimum atomic E-state index is -4.89. The molecule has 0 radical (unpaired) electrons. The molecule has 0 aliphatic heterocycles. The number of aliphatic hydroxyl groups is 1. The van der Waals surface area contributed by atoms with Gasteiger partial charge in [0.25, 0.3) is 0 Å². The van der Waals surface area contributed by atoms with Crippen molar-refractivity contribution in [3.63, 3.8) is 0 Å². The third kappa shape index (κ3) is 3.42. The predicted molar refractivity (Wildman–Crippen MR) is 66.6 cm³/mol. The highest BCUT2D eigenvalue weighted by molar-refractivity contribution is 5.87. The Hall–Kier alpha value is -2.42. The van der Waals surface area contributed by atoms with Gasteiger partial charge in [0, 0.05) is 5.56 Å². The quantitative estimate of drug-likeness (QED) is 0.848. The SMILES string of the molecule is O=C(O)c1cc(-c2ccc(F)cc2)nn1CC(O)C(F)(F)F. The highest BCUT2D eigenvalue weighted by Crippen LogP contribution is 2.24. The molecule has 1 atom stereocenters. The predicted octanol–water partition coefficient (Wildman–Crippen LogP) is 2.31. The molecule has 9 heteroatoms. The third-order valence-electron chi connectivity index (χ3n) is 2.86. The highest BCUT2D eigenvalue weighted by atomic mass is 19.4. The van der Waals surface area contributed by atoms with Crippen LogP contribution in [0.3, 0.4) is 0 Å². The number of aromatic nitrogens is 2. The third-order valence-corrected chi connectivity index (χ3v) is 2.86. The Morgan fingerprint density at radius 2 is 1.86 bits per heavy atom. The van der Waals surface area contributed by atoms with E-state index in [9.17, 15) is 22.4 Å². The van der Waals surface area contributed by atoms with Crippen LogP contribution in [0.25, 0.3) is 11.3 Å². The van der Waals surface area contributed by atoms with E-state index in [0.29, 0.717) is 10.2 Å². The number of aromatic carboxylic acids is 1. The molecule has 0 bridgehead atoms. The second-order valence-corrected chi connectivity index (χ2v) is 4.47. The molecular weight excluding hydrogens is 308 g/mol. The van der Waals surface area contributed by atoms with Crippen LogP contribution >= 0.6 is 0 Å². The molecule has 0 aliphatic rings. The molecule has 0 saturated heterocycles.